The quantitative estimate of drug-likeness (QED) is 0.742. The van der Waals surface area contributed by atoms with Crippen molar-refractivity contribution in [3.8, 4) is 0 Å². The van der Waals surface area contributed by atoms with E-state index in [0.717, 1.165) is 12.1 Å². The van der Waals surface area contributed by atoms with Crippen molar-refractivity contribution in [2.75, 3.05) is 5.73 Å². The van der Waals surface area contributed by atoms with E-state index in [1.807, 2.05) is 0 Å². The Labute approximate surface area is 91.9 Å². The molecule has 6 heteroatoms. The molecule has 0 saturated carbocycles. The largest absolute Gasteiger partial charge is 0.416 e. The summed E-state index contributed by atoms with van der Waals surface area (Å²) in [5.74, 6) is 0. The minimum absolute atomic E-state index is 0. The van der Waals surface area contributed by atoms with E-state index >= 15 is 0 Å². The molecule has 86 valence electrons. The van der Waals surface area contributed by atoms with Crippen LogP contribution in [0.2, 0.25) is 0 Å². The number of rotatable bonds is 1. The van der Waals surface area contributed by atoms with Gasteiger partial charge in [0.05, 0.1) is 5.56 Å². The summed E-state index contributed by atoms with van der Waals surface area (Å²) < 4.78 is 36.9. The molecule has 1 aromatic carbocycles. The standard InChI is InChI=1S/C9H11F3N2.ClH/c1-5(13)6-2-7(9(10,11)12)4-8(14)3-6;/h2-5H,13-14H2,1H3;1H. The molecule has 0 aliphatic carbocycles. The van der Waals surface area contributed by atoms with Gasteiger partial charge in [-0.05, 0) is 30.7 Å². The lowest BCUT2D eigenvalue weighted by Crippen LogP contribution is -2.10. The van der Waals surface area contributed by atoms with Gasteiger partial charge >= 0.3 is 6.18 Å². The van der Waals surface area contributed by atoms with Gasteiger partial charge in [-0.2, -0.15) is 13.2 Å². The second-order valence-electron chi connectivity index (χ2n) is 3.17. The highest BCUT2D eigenvalue weighted by molar-refractivity contribution is 5.85. The van der Waals surface area contributed by atoms with Gasteiger partial charge in [-0.3, -0.25) is 0 Å². The van der Waals surface area contributed by atoms with E-state index in [4.69, 9.17) is 11.5 Å². The van der Waals surface area contributed by atoms with Crippen molar-refractivity contribution in [1.82, 2.24) is 0 Å². The number of nitrogens with two attached hydrogens (primary N) is 2. The first-order chi connectivity index (χ1) is 6.30. The third-order valence-electron chi connectivity index (χ3n) is 1.83. The SMILES string of the molecule is CC(N)c1cc(N)cc(C(F)(F)F)c1.Cl. The van der Waals surface area contributed by atoms with Crippen LogP contribution in [0.1, 0.15) is 24.1 Å². The van der Waals surface area contributed by atoms with Crippen molar-refractivity contribution < 1.29 is 13.2 Å². The molecule has 2 nitrogen and oxygen atoms in total. The average Bonchev–Trinajstić information content (AvgIpc) is 2.01. The lowest BCUT2D eigenvalue weighted by Gasteiger charge is -2.12. The average molecular weight is 241 g/mol. The van der Waals surface area contributed by atoms with E-state index < -0.39 is 17.8 Å². The Kier molecular flexibility index (Phi) is 4.42. The Morgan fingerprint density at radius 2 is 1.73 bits per heavy atom. The number of halogens is 4. The molecule has 1 unspecified atom stereocenters. The predicted octanol–water partition coefficient (Wildman–Crippen LogP) is 2.73. The molecule has 1 atom stereocenters. The van der Waals surface area contributed by atoms with Crippen LogP contribution in [-0.2, 0) is 6.18 Å². The van der Waals surface area contributed by atoms with Crippen LogP contribution in [0.5, 0.6) is 0 Å². The fourth-order valence-electron chi connectivity index (χ4n) is 1.10. The van der Waals surface area contributed by atoms with Gasteiger partial charge in [0.1, 0.15) is 0 Å². The third-order valence-corrected chi connectivity index (χ3v) is 1.83. The molecule has 1 aromatic rings. The minimum atomic E-state index is -4.38. The van der Waals surface area contributed by atoms with Crippen molar-refractivity contribution in [1.29, 1.82) is 0 Å². The van der Waals surface area contributed by atoms with Gasteiger partial charge in [-0.1, -0.05) is 0 Å². The van der Waals surface area contributed by atoms with Crippen LogP contribution in [0.4, 0.5) is 18.9 Å². The van der Waals surface area contributed by atoms with Crippen LogP contribution >= 0.6 is 12.4 Å². The molecule has 4 N–H and O–H groups in total. The fourth-order valence-corrected chi connectivity index (χ4v) is 1.10. The van der Waals surface area contributed by atoms with E-state index in [2.05, 4.69) is 0 Å². The Hall–Kier alpha value is -0.940. The summed E-state index contributed by atoms with van der Waals surface area (Å²) in [6.45, 7) is 1.61. The maximum absolute atomic E-state index is 12.3. The number of nitrogen functional groups attached to an aromatic ring is 1. The number of alkyl halides is 3. The first-order valence-corrected chi connectivity index (χ1v) is 4.04. The second-order valence-corrected chi connectivity index (χ2v) is 3.17. The normalized spacial score (nSPS) is 13.1. The summed E-state index contributed by atoms with van der Waals surface area (Å²) in [5.41, 5.74) is 10.5. The summed E-state index contributed by atoms with van der Waals surface area (Å²) in [4.78, 5) is 0. The summed E-state index contributed by atoms with van der Waals surface area (Å²) in [5, 5.41) is 0. The molecule has 0 bridgehead atoms. The predicted molar refractivity (Wildman–Crippen MR) is 55.7 cm³/mol. The van der Waals surface area contributed by atoms with Crippen LogP contribution in [-0.4, -0.2) is 0 Å². The van der Waals surface area contributed by atoms with Gasteiger partial charge in [0.2, 0.25) is 0 Å². The first kappa shape index (κ1) is 14.1. The maximum Gasteiger partial charge on any atom is 0.416 e. The molecule has 0 aromatic heterocycles. The van der Waals surface area contributed by atoms with Crippen LogP contribution in [0.25, 0.3) is 0 Å². The molecule has 15 heavy (non-hydrogen) atoms. The zero-order chi connectivity index (χ0) is 10.9. The van der Waals surface area contributed by atoms with Crippen LogP contribution in [0.3, 0.4) is 0 Å². The van der Waals surface area contributed by atoms with Crippen molar-refractivity contribution in [2.24, 2.45) is 5.73 Å². The molecule has 0 radical (unpaired) electrons. The lowest BCUT2D eigenvalue weighted by atomic mass is 10.0. The van der Waals surface area contributed by atoms with Crippen LogP contribution in [0.15, 0.2) is 18.2 Å². The minimum Gasteiger partial charge on any atom is -0.399 e. The van der Waals surface area contributed by atoms with Gasteiger partial charge < -0.3 is 11.5 Å². The van der Waals surface area contributed by atoms with E-state index in [1.54, 1.807) is 6.92 Å². The smallest absolute Gasteiger partial charge is 0.399 e. The molecule has 0 aliphatic rings. The maximum atomic E-state index is 12.3. The molecular weight excluding hydrogens is 229 g/mol. The Balaban J connectivity index is 0.00000196. The van der Waals surface area contributed by atoms with Gasteiger partial charge in [0.15, 0.2) is 0 Å². The molecule has 0 saturated heterocycles. The number of benzene rings is 1. The third kappa shape index (κ3) is 3.60. The Morgan fingerprint density at radius 1 is 1.20 bits per heavy atom. The zero-order valence-electron chi connectivity index (χ0n) is 8.01. The van der Waals surface area contributed by atoms with E-state index in [0.29, 0.717) is 5.56 Å². The van der Waals surface area contributed by atoms with Crippen molar-refractivity contribution >= 4 is 18.1 Å². The van der Waals surface area contributed by atoms with Crippen LogP contribution in [0, 0.1) is 0 Å². The van der Waals surface area contributed by atoms with Crippen molar-refractivity contribution in [2.45, 2.75) is 19.1 Å². The number of hydrogen-bond donors (Lipinski definition) is 2. The topological polar surface area (TPSA) is 52.0 Å². The Bertz CT molecular complexity index is 337. The van der Waals surface area contributed by atoms with E-state index in [1.165, 1.54) is 6.07 Å². The van der Waals surface area contributed by atoms with Gasteiger partial charge in [-0.25, -0.2) is 0 Å². The molecular formula is C9H12ClF3N2. The van der Waals surface area contributed by atoms with Gasteiger partial charge in [0, 0.05) is 11.7 Å². The summed E-state index contributed by atoms with van der Waals surface area (Å²) in [6.07, 6.45) is -4.38. The van der Waals surface area contributed by atoms with E-state index in [-0.39, 0.29) is 18.1 Å². The molecule has 0 amide bonds. The molecule has 0 spiro atoms. The molecule has 0 heterocycles. The summed E-state index contributed by atoms with van der Waals surface area (Å²) in [6, 6.07) is 2.90. The molecule has 0 fully saturated rings. The van der Waals surface area contributed by atoms with E-state index in [9.17, 15) is 13.2 Å². The summed E-state index contributed by atoms with van der Waals surface area (Å²) in [7, 11) is 0. The van der Waals surface area contributed by atoms with Crippen LogP contribution < -0.4 is 11.5 Å². The second kappa shape index (κ2) is 4.72. The number of anilines is 1. The molecule has 1 rings (SSSR count). The monoisotopic (exact) mass is 240 g/mol. The summed E-state index contributed by atoms with van der Waals surface area (Å²) >= 11 is 0. The molecule has 0 aliphatic heterocycles. The zero-order valence-corrected chi connectivity index (χ0v) is 8.82. The van der Waals surface area contributed by atoms with Gasteiger partial charge in [0.25, 0.3) is 0 Å². The first-order valence-electron chi connectivity index (χ1n) is 4.04. The van der Waals surface area contributed by atoms with Gasteiger partial charge in [-0.15, -0.1) is 12.4 Å². The van der Waals surface area contributed by atoms with Crippen molar-refractivity contribution in [3.63, 3.8) is 0 Å². The lowest BCUT2D eigenvalue weighted by molar-refractivity contribution is -0.137. The highest BCUT2D eigenvalue weighted by atomic mass is 35.5. The number of hydrogen-bond acceptors (Lipinski definition) is 2. The fraction of sp³-hybridized carbons (Fsp3) is 0.333. The highest BCUT2D eigenvalue weighted by Crippen LogP contribution is 2.32. The Morgan fingerprint density at radius 3 is 2.13 bits per heavy atom. The highest BCUT2D eigenvalue weighted by Gasteiger charge is 2.31. The van der Waals surface area contributed by atoms with Crippen molar-refractivity contribution in [3.05, 3.63) is 29.3 Å².